The molecule has 4 N–H and O–H groups in total. The molecule has 0 saturated carbocycles. The lowest BCUT2D eigenvalue weighted by Crippen LogP contribution is -2.64. The van der Waals surface area contributed by atoms with Gasteiger partial charge in [0.2, 0.25) is 18.2 Å². The Morgan fingerprint density at radius 2 is 1.48 bits per heavy atom. The molecule has 2 fully saturated rings. The van der Waals surface area contributed by atoms with Crippen molar-refractivity contribution in [3.63, 3.8) is 0 Å². The lowest BCUT2D eigenvalue weighted by Gasteiger charge is -2.51. The van der Waals surface area contributed by atoms with Gasteiger partial charge in [0.25, 0.3) is 0 Å². The van der Waals surface area contributed by atoms with Crippen LogP contribution in [0.25, 0.3) is 11.1 Å². The summed E-state index contributed by atoms with van der Waals surface area (Å²) in [6.45, 7) is 18.0. The van der Waals surface area contributed by atoms with E-state index in [0.29, 0.717) is 57.9 Å². The zero-order valence-electron chi connectivity index (χ0n) is 42.2. The third-order valence-electron chi connectivity index (χ3n) is 13.5. The van der Waals surface area contributed by atoms with Crippen LogP contribution in [0.3, 0.4) is 0 Å². The van der Waals surface area contributed by atoms with Crippen LogP contribution >= 0.6 is 0 Å². The first kappa shape index (κ1) is 52.6. The maximum Gasteiger partial charge on any atom is 0.408 e. The number of hydrogen-bond acceptors (Lipinski definition) is 9. The van der Waals surface area contributed by atoms with Gasteiger partial charge in [-0.15, -0.1) is 0 Å². The Kier molecular flexibility index (Phi) is 17.4. The smallest absolute Gasteiger partial charge is 0.408 e. The summed E-state index contributed by atoms with van der Waals surface area (Å²) in [7, 11) is 0. The molecule has 69 heavy (non-hydrogen) atoms. The lowest BCUT2D eigenvalue weighted by molar-refractivity contribution is -0.246. The molecule has 2 aliphatic heterocycles. The van der Waals surface area contributed by atoms with Crippen LogP contribution in [0, 0.1) is 11.8 Å². The van der Waals surface area contributed by atoms with Crippen molar-refractivity contribution >= 4 is 30.4 Å². The second-order valence-corrected chi connectivity index (χ2v) is 21.7. The maximum absolute atomic E-state index is 15.0. The number of nitrogens with zero attached hydrogens (tertiary/aromatic N) is 3. The number of piperidine rings is 1. The largest absolute Gasteiger partial charge is 0.449 e. The van der Waals surface area contributed by atoms with Crippen LogP contribution in [0.4, 0.5) is 9.59 Å². The van der Waals surface area contributed by atoms with Gasteiger partial charge in [0.05, 0.1) is 12.0 Å². The molecule has 3 aromatic carbocycles. The number of likely N-dealkylation sites (tertiary alicyclic amines) is 1. The minimum atomic E-state index is -0.986. The van der Waals surface area contributed by atoms with Crippen molar-refractivity contribution in [2.24, 2.45) is 11.8 Å². The van der Waals surface area contributed by atoms with Gasteiger partial charge in [-0.3, -0.25) is 14.4 Å². The second-order valence-electron chi connectivity index (χ2n) is 21.7. The van der Waals surface area contributed by atoms with Gasteiger partial charge in [-0.25, -0.2) is 9.59 Å². The molecule has 0 aromatic heterocycles. The zero-order chi connectivity index (χ0) is 50.1. The molecule has 0 radical (unpaired) electrons. The van der Waals surface area contributed by atoms with E-state index in [9.17, 15) is 29.2 Å². The minimum absolute atomic E-state index is 0.0970. The molecule has 2 saturated heterocycles. The first-order valence-corrected chi connectivity index (χ1v) is 24.8. The predicted octanol–water partition coefficient (Wildman–Crippen LogP) is 8.96. The fourth-order valence-corrected chi connectivity index (χ4v) is 10.6. The fraction of sp³-hybridized carbons (Fsp3) is 0.545. The van der Waals surface area contributed by atoms with Crippen LogP contribution in [0.5, 0.6) is 0 Å². The number of fused-ring (bicyclic) bond motifs is 3. The van der Waals surface area contributed by atoms with Crippen molar-refractivity contribution in [2.75, 3.05) is 19.7 Å². The van der Waals surface area contributed by atoms with Gasteiger partial charge in [-0.1, -0.05) is 105 Å². The van der Waals surface area contributed by atoms with Crippen molar-refractivity contribution in [1.82, 2.24) is 30.8 Å². The minimum Gasteiger partial charge on any atom is -0.449 e. The van der Waals surface area contributed by atoms with Crippen LogP contribution in [0.15, 0.2) is 91.0 Å². The first-order valence-electron chi connectivity index (χ1n) is 24.8. The maximum atomic E-state index is 15.0. The number of carbonyl (C=O) groups is 5. The number of nitrogens with one attached hydrogen (secondary N) is 3. The zero-order valence-corrected chi connectivity index (χ0v) is 42.2. The van der Waals surface area contributed by atoms with Crippen LogP contribution < -0.4 is 16.0 Å². The molecule has 374 valence electrons. The van der Waals surface area contributed by atoms with Gasteiger partial charge in [0.15, 0.2) is 0 Å². The molecule has 0 bridgehead atoms. The fourth-order valence-electron chi connectivity index (χ4n) is 10.6. The molecule has 1 aliphatic carbocycles. The number of hydroxylamine groups is 2. The van der Waals surface area contributed by atoms with E-state index in [0.717, 1.165) is 27.8 Å². The van der Waals surface area contributed by atoms with Crippen LogP contribution in [0.2, 0.25) is 0 Å². The van der Waals surface area contributed by atoms with Gasteiger partial charge in [-0.2, -0.15) is 5.06 Å². The SMILES string of the molecule is CC(C)C[C@@H](/C=C/[C@H](Cc1ccccc1)C(=O)N1CCC[C@H]1N(C=O)[C@@H](CCCNC(=O)OCC1c2ccccc2-c2ccccc21)C(=O)NC1CC(C)(C)N(O)C(C)(C)C1)NC(=O)OC(C)(C)C. The average molecular weight is 949 g/mol. The quantitative estimate of drug-likeness (QED) is 0.0521. The highest BCUT2D eigenvalue weighted by atomic mass is 16.6. The molecule has 0 unspecified atom stereocenters. The van der Waals surface area contributed by atoms with Gasteiger partial charge in [0.1, 0.15) is 24.4 Å². The number of carbonyl (C=O) groups excluding carboxylic acids is 5. The molecule has 0 spiro atoms. The monoisotopic (exact) mass is 949 g/mol. The molecule has 4 atom stereocenters. The number of hydrogen-bond donors (Lipinski definition) is 4. The molecular weight excluding hydrogens is 873 g/mol. The summed E-state index contributed by atoms with van der Waals surface area (Å²) in [5.74, 6) is -1.08. The number of amides is 5. The molecular formula is C55H76N6O8. The summed E-state index contributed by atoms with van der Waals surface area (Å²) in [5, 5.41) is 21.5. The Bertz CT molecular complexity index is 2210. The summed E-state index contributed by atoms with van der Waals surface area (Å²) in [6.07, 6.45) is 6.11. The van der Waals surface area contributed by atoms with Crippen molar-refractivity contribution in [3.8, 4) is 11.1 Å². The number of rotatable bonds is 19. The summed E-state index contributed by atoms with van der Waals surface area (Å²) in [4.78, 5) is 72.5. The number of benzene rings is 3. The molecule has 3 aromatic rings. The first-order chi connectivity index (χ1) is 32.7. The van der Waals surface area contributed by atoms with E-state index in [1.165, 1.54) is 9.96 Å². The molecule has 14 nitrogen and oxygen atoms in total. The van der Waals surface area contributed by atoms with Crippen molar-refractivity contribution in [2.45, 2.75) is 161 Å². The van der Waals surface area contributed by atoms with Crippen molar-refractivity contribution < 1.29 is 38.7 Å². The van der Waals surface area contributed by atoms with Gasteiger partial charge >= 0.3 is 12.2 Å². The van der Waals surface area contributed by atoms with Gasteiger partial charge in [0, 0.05) is 36.1 Å². The Hall–Kier alpha value is -5.73. The Morgan fingerprint density at radius 3 is 2.07 bits per heavy atom. The van der Waals surface area contributed by atoms with Crippen LogP contribution in [-0.2, 0) is 30.3 Å². The Labute approximate surface area is 409 Å². The Balaban J connectivity index is 1.20. The van der Waals surface area contributed by atoms with Crippen molar-refractivity contribution in [3.05, 3.63) is 108 Å². The van der Waals surface area contributed by atoms with E-state index in [1.54, 1.807) is 4.90 Å². The van der Waals surface area contributed by atoms with Gasteiger partial charge in [-0.05, 0) is 134 Å². The van der Waals surface area contributed by atoms with E-state index < -0.39 is 53.0 Å². The van der Waals surface area contributed by atoms with Gasteiger partial charge < -0.3 is 40.4 Å². The van der Waals surface area contributed by atoms with Crippen LogP contribution in [0.1, 0.15) is 130 Å². The predicted molar refractivity (Wildman–Crippen MR) is 267 cm³/mol. The summed E-state index contributed by atoms with van der Waals surface area (Å²) >= 11 is 0. The summed E-state index contributed by atoms with van der Waals surface area (Å²) in [5.41, 5.74) is 3.47. The van der Waals surface area contributed by atoms with E-state index >= 15 is 0 Å². The van der Waals surface area contributed by atoms with E-state index in [-0.39, 0.29) is 49.3 Å². The highest BCUT2D eigenvalue weighted by molar-refractivity contribution is 5.85. The highest BCUT2D eigenvalue weighted by Crippen LogP contribution is 2.44. The Morgan fingerprint density at radius 1 is 0.870 bits per heavy atom. The highest BCUT2D eigenvalue weighted by Gasteiger charge is 2.47. The number of ether oxygens (including phenoxy) is 2. The molecule has 6 rings (SSSR count). The topological polar surface area (TPSA) is 170 Å². The molecule has 3 aliphatic rings. The van der Waals surface area contributed by atoms with E-state index in [2.05, 4.69) is 54.1 Å². The molecule has 2 heterocycles. The normalized spacial score (nSPS) is 19.3. The lowest BCUT2D eigenvalue weighted by atomic mass is 9.79. The summed E-state index contributed by atoms with van der Waals surface area (Å²) < 4.78 is 11.4. The molecule has 5 amide bonds. The second kappa shape index (κ2) is 22.8. The molecule has 14 heteroatoms. The van der Waals surface area contributed by atoms with Crippen molar-refractivity contribution in [1.29, 1.82) is 0 Å². The third kappa shape index (κ3) is 13.7. The standard InChI is InChI=1S/C55H76N6O8/c1-37(2)31-40(58-52(66)69-53(3,4)5)28-27-39(32-38-19-11-10-12-20-38)50(64)59-30-18-26-48(59)60(36-62)47(49(63)57-41-33-54(6,7)61(67)55(8,9)34-41)25-17-29-56-51(65)68-35-46-44-23-15-13-21-42(44)43-22-14-16-24-45(43)46/h10-16,19-24,27-28,36-37,39-41,46-48,67H,17-18,25-26,29-35H2,1-9H3,(H,56,65)(H,57,63)(H,58,66)/b28-27+/t39-,40-,47+,48-/m1/s1. The number of alkyl carbamates (subject to hydrolysis) is 2. The van der Waals surface area contributed by atoms with Crippen LogP contribution in [-0.4, -0.2) is 111 Å². The summed E-state index contributed by atoms with van der Waals surface area (Å²) in [6, 6.07) is 24.3. The van der Waals surface area contributed by atoms with E-state index in [1.807, 2.05) is 115 Å². The van der Waals surface area contributed by atoms with E-state index in [4.69, 9.17) is 9.47 Å². The third-order valence-corrected chi connectivity index (χ3v) is 13.5. The average Bonchev–Trinajstić information content (AvgIpc) is 3.89.